The normalized spacial score (nSPS) is 15.1. The largest absolute Gasteiger partial charge is 0.335 e. The van der Waals surface area contributed by atoms with Crippen LogP contribution in [0.4, 0.5) is 0 Å². The highest BCUT2D eigenvalue weighted by Gasteiger charge is 2.34. The summed E-state index contributed by atoms with van der Waals surface area (Å²) in [5, 5.41) is 7.05. The summed E-state index contributed by atoms with van der Waals surface area (Å²) in [6.07, 6.45) is 0. The fourth-order valence-corrected chi connectivity index (χ4v) is 5.63. The lowest BCUT2D eigenvalue weighted by Crippen LogP contribution is -2.51. The fraction of sp³-hybridized carbons (Fsp3) is 0.333. The maximum Gasteiger partial charge on any atom is 0.325 e. The number of hydrogen-bond donors (Lipinski definition) is 3. The molecule has 3 N–H and O–H groups in total. The van der Waals surface area contributed by atoms with Crippen LogP contribution in [0, 0.1) is 20.8 Å². The van der Waals surface area contributed by atoms with Crippen molar-refractivity contribution in [2.24, 2.45) is 0 Å². The van der Waals surface area contributed by atoms with E-state index in [0.29, 0.717) is 11.4 Å². The highest BCUT2D eigenvalue weighted by atomic mass is 32.2. The van der Waals surface area contributed by atoms with Gasteiger partial charge in [-0.1, -0.05) is 23.8 Å². The molecule has 0 unspecified atom stereocenters. The van der Waals surface area contributed by atoms with Gasteiger partial charge in [0.2, 0.25) is 10.0 Å². The van der Waals surface area contributed by atoms with Crippen LogP contribution in [0.1, 0.15) is 27.3 Å². The average molecular weight is 473 g/mol. The fourth-order valence-electron chi connectivity index (χ4n) is 4.00. The molecule has 11 nitrogen and oxygen atoms in total. The number of benzene rings is 1. The molecule has 4 rings (SSSR count). The van der Waals surface area contributed by atoms with Crippen molar-refractivity contribution in [1.29, 1.82) is 0 Å². The van der Waals surface area contributed by atoms with E-state index in [9.17, 15) is 22.8 Å². The van der Waals surface area contributed by atoms with Crippen LogP contribution in [0.5, 0.6) is 0 Å². The zero-order valence-corrected chi connectivity index (χ0v) is 19.2. The van der Waals surface area contributed by atoms with Crippen LogP contribution in [-0.4, -0.2) is 69.9 Å². The number of carbonyl (C=O) groups excluding carboxylic acids is 1. The molecule has 174 valence electrons. The van der Waals surface area contributed by atoms with Crippen molar-refractivity contribution in [3.63, 3.8) is 0 Å². The molecule has 3 aromatic rings. The van der Waals surface area contributed by atoms with Crippen LogP contribution in [0.3, 0.4) is 0 Å². The number of carbonyl (C=O) groups is 1. The standard InChI is InChI=1S/C21H24N6O5S/c1-12-4-5-15(13(2)10-12)16-11-17(25-24-16)20(29)26-6-8-27(9-7-26)33(31,32)18-14(3)22-21(30)23-19(18)28/h4-5,10-11H,6-9H2,1-3H3,(H,24,25)(H2,22,23,28,30). The number of hydrogen-bond acceptors (Lipinski definition) is 6. The van der Waals surface area contributed by atoms with E-state index >= 15 is 0 Å². The molecular weight excluding hydrogens is 448 g/mol. The maximum absolute atomic E-state index is 13.0. The second kappa shape index (κ2) is 8.45. The van der Waals surface area contributed by atoms with Crippen molar-refractivity contribution in [2.45, 2.75) is 25.7 Å². The molecule has 0 bridgehead atoms. The first-order chi connectivity index (χ1) is 15.6. The summed E-state index contributed by atoms with van der Waals surface area (Å²) in [6, 6.07) is 7.67. The first kappa shape index (κ1) is 22.7. The number of piperazine rings is 1. The minimum absolute atomic E-state index is 0.0180. The molecule has 0 spiro atoms. The number of sulfonamides is 1. The van der Waals surface area contributed by atoms with Crippen LogP contribution >= 0.6 is 0 Å². The van der Waals surface area contributed by atoms with E-state index in [-0.39, 0.29) is 37.8 Å². The Kier molecular flexibility index (Phi) is 5.80. The van der Waals surface area contributed by atoms with E-state index in [4.69, 9.17) is 0 Å². The van der Waals surface area contributed by atoms with Crippen molar-refractivity contribution in [3.05, 3.63) is 67.6 Å². The summed E-state index contributed by atoms with van der Waals surface area (Å²) in [4.78, 5) is 41.7. The van der Waals surface area contributed by atoms with Gasteiger partial charge in [-0.2, -0.15) is 9.40 Å². The number of nitrogens with one attached hydrogen (secondary N) is 3. The summed E-state index contributed by atoms with van der Waals surface area (Å²) < 4.78 is 27.1. The van der Waals surface area contributed by atoms with Crippen LogP contribution in [0.25, 0.3) is 11.3 Å². The van der Waals surface area contributed by atoms with E-state index in [0.717, 1.165) is 21.0 Å². The van der Waals surface area contributed by atoms with E-state index in [1.165, 1.54) is 11.8 Å². The minimum Gasteiger partial charge on any atom is -0.335 e. The molecule has 2 aromatic heterocycles. The van der Waals surface area contributed by atoms with Gasteiger partial charge in [-0.15, -0.1) is 0 Å². The Morgan fingerprint density at radius 2 is 1.70 bits per heavy atom. The summed E-state index contributed by atoms with van der Waals surface area (Å²) in [6.45, 7) is 5.67. The zero-order valence-electron chi connectivity index (χ0n) is 18.4. The number of aromatic nitrogens is 4. The highest BCUT2D eigenvalue weighted by Crippen LogP contribution is 2.24. The third-order valence-electron chi connectivity index (χ3n) is 5.66. The Balaban J connectivity index is 1.48. The number of H-pyrrole nitrogens is 3. The third kappa shape index (κ3) is 4.26. The molecular formula is C21H24N6O5S. The first-order valence-electron chi connectivity index (χ1n) is 10.3. The van der Waals surface area contributed by atoms with Gasteiger partial charge in [-0.05, 0) is 32.4 Å². The Hall–Kier alpha value is -3.51. The molecule has 33 heavy (non-hydrogen) atoms. The van der Waals surface area contributed by atoms with Gasteiger partial charge in [-0.25, -0.2) is 13.2 Å². The molecule has 1 aliphatic heterocycles. The summed E-state index contributed by atoms with van der Waals surface area (Å²) in [7, 11) is -4.13. The van der Waals surface area contributed by atoms with Crippen LogP contribution in [0.2, 0.25) is 0 Å². The van der Waals surface area contributed by atoms with Crippen molar-refractivity contribution < 1.29 is 13.2 Å². The molecule has 3 heterocycles. The maximum atomic E-state index is 13.0. The molecule has 1 aromatic carbocycles. The smallest absolute Gasteiger partial charge is 0.325 e. The molecule has 0 atom stereocenters. The first-order valence-corrected chi connectivity index (χ1v) is 11.8. The van der Waals surface area contributed by atoms with Crippen LogP contribution < -0.4 is 11.2 Å². The highest BCUT2D eigenvalue weighted by molar-refractivity contribution is 7.89. The molecule has 12 heteroatoms. The lowest BCUT2D eigenvalue weighted by atomic mass is 10.0. The van der Waals surface area contributed by atoms with Gasteiger partial charge in [0.05, 0.1) is 5.69 Å². The molecule has 1 fully saturated rings. The van der Waals surface area contributed by atoms with Gasteiger partial charge >= 0.3 is 5.69 Å². The van der Waals surface area contributed by atoms with Crippen molar-refractivity contribution >= 4 is 15.9 Å². The second-order valence-corrected chi connectivity index (χ2v) is 9.92. The summed E-state index contributed by atoms with van der Waals surface area (Å²) in [5.74, 6) is -0.284. The lowest BCUT2D eigenvalue weighted by Gasteiger charge is -2.33. The Morgan fingerprint density at radius 3 is 2.33 bits per heavy atom. The molecule has 0 radical (unpaired) electrons. The Bertz CT molecular complexity index is 1440. The van der Waals surface area contributed by atoms with Gasteiger partial charge in [0.15, 0.2) is 4.90 Å². The topological polar surface area (TPSA) is 152 Å². The number of aromatic amines is 3. The molecule has 0 aliphatic carbocycles. The zero-order chi connectivity index (χ0) is 23.9. The van der Waals surface area contributed by atoms with E-state index in [1.807, 2.05) is 37.0 Å². The van der Waals surface area contributed by atoms with Crippen molar-refractivity contribution in [1.82, 2.24) is 29.4 Å². The predicted molar refractivity (Wildman–Crippen MR) is 121 cm³/mol. The van der Waals surface area contributed by atoms with Gasteiger partial charge in [0.1, 0.15) is 5.69 Å². The van der Waals surface area contributed by atoms with Gasteiger partial charge < -0.3 is 9.88 Å². The molecule has 1 saturated heterocycles. The van der Waals surface area contributed by atoms with E-state index in [2.05, 4.69) is 15.2 Å². The predicted octanol–water partition coefficient (Wildman–Crippen LogP) is 0.525. The van der Waals surface area contributed by atoms with E-state index in [1.54, 1.807) is 6.07 Å². The van der Waals surface area contributed by atoms with Crippen molar-refractivity contribution in [2.75, 3.05) is 26.2 Å². The molecule has 0 saturated carbocycles. The molecule has 1 amide bonds. The number of aryl methyl sites for hydroxylation is 3. The van der Waals surface area contributed by atoms with Crippen molar-refractivity contribution in [3.8, 4) is 11.3 Å². The van der Waals surface area contributed by atoms with Gasteiger partial charge in [0, 0.05) is 37.4 Å². The minimum atomic E-state index is -4.13. The third-order valence-corrected chi connectivity index (χ3v) is 7.72. The van der Waals surface area contributed by atoms with Crippen LogP contribution in [0.15, 0.2) is 38.8 Å². The molecule has 1 aliphatic rings. The van der Waals surface area contributed by atoms with Gasteiger partial charge in [-0.3, -0.25) is 19.7 Å². The number of nitrogens with zero attached hydrogens (tertiary/aromatic N) is 3. The number of rotatable bonds is 4. The van der Waals surface area contributed by atoms with E-state index < -0.39 is 26.2 Å². The average Bonchev–Trinajstić information content (AvgIpc) is 3.22. The quantitative estimate of drug-likeness (QED) is 0.504. The van der Waals surface area contributed by atoms with Gasteiger partial charge in [0.25, 0.3) is 11.5 Å². The second-order valence-electron chi connectivity index (χ2n) is 8.04. The number of amides is 1. The van der Waals surface area contributed by atoms with Crippen LogP contribution in [-0.2, 0) is 10.0 Å². The lowest BCUT2D eigenvalue weighted by molar-refractivity contribution is 0.0692. The summed E-state index contributed by atoms with van der Waals surface area (Å²) >= 11 is 0. The Labute approximate surface area is 189 Å². The Morgan fingerprint density at radius 1 is 1.00 bits per heavy atom. The summed E-state index contributed by atoms with van der Waals surface area (Å²) in [5.41, 5.74) is 2.31. The monoisotopic (exact) mass is 472 g/mol. The SMILES string of the molecule is Cc1ccc(-c2cc(C(=O)N3CCN(S(=O)(=O)c4c(C)[nH]c(=O)[nH]c4=O)CC3)[nH]n2)c(C)c1.